The summed E-state index contributed by atoms with van der Waals surface area (Å²) in [4.78, 5) is 20.2. The zero-order valence-electron chi connectivity index (χ0n) is 21.9. The average molecular weight is 565 g/mol. The minimum Gasteiger partial charge on any atom is -0.496 e. The molecule has 0 bridgehead atoms. The number of hydrogen-bond acceptors (Lipinski definition) is 10. The molecule has 1 aromatic heterocycles. The van der Waals surface area contributed by atoms with Crippen molar-refractivity contribution in [1.29, 1.82) is 0 Å². The number of benzene rings is 3. The average Bonchev–Trinajstić information content (AvgIpc) is 3.36. The number of ether oxygens (including phenoxy) is 3. The molecular weight excluding hydrogens is 539 g/mol. The predicted molar refractivity (Wildman–Crippen MR) is 150 cm³/mol. The molecule has 0 saturated carbocycles. The van der Waals surface area contributed by atoms with Crippen molar-refractivity contribution in [2.75, 3.05) is 37.4 Å². The van der Waals surface area contributed by atoms with E-state index in [-0.39, 0.29) is 11.8 Å². The third-order valence-electron chi connectivity index (χ3n) is 6.23. The molecule has 0 fully saturated rings. The third kappa shape index (κ3) is 5.85. The number of anilines is 5. The summed E-state index contributed by atoms with van der Waals surface area (Å²) in [5.74, 6) is 0.286. The van der Waals surface area contributed by atoms with Crippen LogP contribution in [0.25, 0.3) is 0 Å². The Morgan fingerprint density at radius 2 is 1.80 bits per heavy atom. The number of nitrogens with one attached hydrogen (secondary N) is 3. The molecule has 1 aliphatic heterocycles. The molecule has 3 N–H and O–H groups in total. The molecule has 0 amide bonds. The van der Waals surface area contributed by atoms with E-state index in [0.29, 0.717) is 40.9 Å². The van der Waals surface area contributed by atoms with Crippen molar-refractivity contribution in [2.45, 2.75) is 13.1 Å². The SMILES string of the molecule is COC(=O)c1ccc(CN2Cc3ccc(Nc4ncc(F)c(Nc5ccc(OC)c(Cl)c5)n4)cc3N2)c(OC)c1. The van der Waals surface area contributed by atoms with Crippen LogP contribution < -0.4 is 25.5 Å². The Morgan fingerprint density at radius 3 is 2.55 bits per heavy atom. The Kier molecular flexibility index (Phi) is 7.85. The molecule has 12 heteroatoms. The van der Waals surface area contributed by atoms with Gasteiger partial charge in [-0.1, -0.05) is 23.7 Å². The molecule has 10 nitrogen and oxygen atoms in total. The maximum Gasteiger partial charge on any atom is 0.337 e. The number of aromatic nitrogens is 2. The van der Waals surface area contributed by atoms with Gasteiger partial charge >= 0.3 is 5.97 Å². The highest BCUT2D eigenvalue weighted by molar-refractivity contribution is 6.32. The van der Waals surface area contributed by atoms with Gasteiger partial charge in [-0.3, -0.25) is 0 Å². The monoisotopic (exact) mass is 564 g/mol. The van der Waals surface area contributed by atoms with Crippen molar-refractivity contribution in [3.05, 3.63) is 88.3 Å². The fourth-order valence-corrected chi connectivity index (χ4v) is 4.52. The van der Waals surface area contributed by atoms with E-state index >= 15 is 0 Å². The van der Waals surface area contributed by atoms with Gasteiger partial charge in [-0.2, -0.15) is 4.98 Å². The number of hydrazine groups is 1. The lowest BCUT2D eigenvalue weighted by molar-refractivity contribution is 0.0600. The second kappa shape index (κ2) is 11.6. The lowest BCUT2D eigenvalue weighted by Gasteiger charge is -2.18. The third-order valence-corrected chi connectivity index (χ3v) is 6.53. The van der Waals surface area contributed by atoms with Crippen molar-refractivity contribution in [2.24, 2.45) is 0 Å². The van der Waals surface area contributed by atoms with Gasteiger partial charge in [-0.15, -0.1) is 0 Å². The number of carbonyl (C=O) groups is 1. The molecule has 40 heavy (non-hydrogen) atoms. The van der Waals surface area contributed by atoms with Crippen molar-refractivity contribution in [3.63, 3.8) is 0 Å². The number of halogens is 2. The number of rotatable bonds is 9. The zero-order chi connectivity index (χ0) is 28.2. The standard InChI is InChI=1S/C28H26ClFN6O4/c1-38-24-9-8-19(11-21(24)29)32-26-22(30)13-31-28(34-26)33-20-7-6-17-14-36(35-23(17)12-20)15-18-5-4-16(27(37)40-3)10-25(18)39-2/h4-13,35H,14-15H2,1-3H3,(H2,31,32,33,34). The van der Waals surface area contributed by atoms with Gasteiger partial charge in [0.25, 0.3) is 0 Å². The van der Waals surface area contributed by atoms with Gasteiger partial charge in [0.05, 0.1) is 43.8 Å². The summed E-state index contributed by atoms with van der Waals surface area (Å²) in [7, 11) is 4.43. The van der Waals surface area contributed by atoms with Gasteiger partial charge in [0.15, 0.2) is 11.6 Å². The Hall–Kier alpha value is -4.61. The first-order chi connectivity index (χ1) is 19.4. The van der Waals surface area contributed by atoms with Crippen LogP contribution in [0.5, 0.6) is 11.5 Å². The molecule has 0 spiro atoms. The Balaban J connectivity index is 1.27. The van der Waals surface area contributed by atoms with Gasteiger partial charge in [-0.05, 0) is 48.0 Å². The van der Waals surface area contributed by atoms with E-state index in [4.69, 9.17) is 25.8 Å². The molecular formula is C28H26ClFN6O4. The molecule has 4 aromatic rings. The summed E-state index contributed by atoms with van der Waals surface area (Å²) in [5.41, 5.74) is 7.99. The lowest BCUT2D eigenvalue weighted by Crippen LogP contribution is -2.23. The van der Waals surface area contributed by atoms with Crippen molar-refractivity contribution < 1.29 is 23.4 Å². The van der Waals surface area contributed by atoms with Crippen LogP contribution in [0.4, 0.5) is 33.2 Å². The molecule has 3 aromatic carbocycles. The minimum absolute atomic E-state index is 0.00337. The van der Waals surface area contributed by atoms with Crippen molar-refractivity contribution >= 4 is 46.4 Å². The molecule has 1 aliphatic rings. The highest BCUT2D eigenvalue weighted by Gasteiger charge is 2.21. The maximum atomic E-state index is 14.5. The summed E-state index contributed by atoms with van der Waals surface area (Å²) in [6.07, 6.45) is 1.09. The summed E-state index contributed by atoms with van der Waals surface area (Å²) in [6.45, 7) is 1.19. The summed E-state index contributed by atoms with van der Waals surface area (Å²) >= 11 is 6.18. The highest BCUT2D eigenvalue weighted by atomic mass is 35.5. The first kappa shape index (κ1) is 27.0. The minimum atomic E-state index is -0.612. The van der Waals surface area contributed by atoms with Crippen LogP contribution in [0.2, 0.25) is 5.02 Å². The molecule has 0 radical (unpaired) electrons. The Morgan fingerprint density at radius 1 is 1.02 bits per heavy atom. The van der Waals surface area contributed by atoms with Gasteiger partial charge in [0.1, 0.15) is 11.5 Å². The van der Waals surface area contributed by atoms with Crippen LogP contribution in [-0.2, 0) is 17.8 Å². The molecule has 5 rings (SSSR count). The van der Waals surface area contributed by atoms with Gasteiger partial charge in [0.2, 0.25) is 5.95 Å². The van der Waals surface area contributed by atoms with E-state index < -0.39 is 11.8 Å². The van der Waals surface area contributed by atoms with Crippen LogP contribution in [-0.4, -0.2) is 42.3 Å². The molecule has 0 aliphatic carbocycles. The summed E-state index contributed by atoms with van der Waals surface area (Å²) in [5, 5.41) is 8.46. The Labute approximate surface area is 235 Å². The van der Waals surface area contributed by atoms with E-state index in [1.54, 1.807) is 37.4 Å². The lowest BCUT2D eigenvalue weighted by atomic mass is 10.1. The normalized spacial score (nSPS) is 12.3. The van der Waals surface area contributed by atoms with Crippen LogP contribution in [0.15, 0.2) is 60.8 Å². The quantitative estimate of drug-likeness (QED) is 0.212. The van der Waals surface area contributed by atoms with Gasteiger partial charge in [0, 0.05) is 30.0 Å². The number of hydrogen-bond donors (Lipinski definition) is 3. The number of fused-ring (bicyclic) bond motifs is 1. The fraction of sp³-hybridized carbons (Fsp3) is 0.179. The first-order valence-corrected chi connectivity index (χ1v) is 12.5. The van der Waals surface area contributed by atoms with Crippen molar-refractivity contribution in [3.8, 4) is 11.5 Å². The van der Waals surface area contributed by atoms with E-state index in [0.717, 1.165) is 28.7 Å². The molecule has 2 heterocycles. The predicted octanol–water partition coefficient (Wildman–Crippen LogP) is 5.90. The molecule has 206 valence electrons. The van der Waals surface area contributed by atoms with Crippen molar-refractivity contribution in [1.82, 2.24) is 15.0 Å². The van der Waals surface area contributed by atoms with E-state index in [1.165, 1.54) is 14.2 Å². The van der Waals surface area contributed by atoms with E-state index in [1.807, 2.05) is 29.3 Å². The van der Waals surface area contributed by atoms with Crippen LogP contribution >= 0.6 is 11.6 Å². The number of esters is 1. The topological polar surface area (TPSA) is 110 Å². The van der Waals surface area contributed by atoms with Gasteiger partial charge < -0.3 is 30.3 Å². The number of methoxy groups -OCH3 is 3. The number of carbonyl (C=O) groups excluding carboxylic acids is 1. The van der Waals surface area contributed by atoms with Crippen LogP contribution in [0.1, 0.15) is 21.5 Å². The smallest absolute Gasteiger partial charge is 0.337 e. The maximum absolute atomic E-state index is 14.5. The first-order valence-electron chi connectivity index (χ1n) is 12.2. The van der Waals surface area contributed by atoms with E-state index in [2.05, 4.69) is 26.0 Å². The number of nitrogens with zero attached hydrogens (tertiary/aromatic N) is 3. The molecule has 0 saturated heterocycles. The zero-order valence-corrected chi connectivity index (χ0v) is 22.7. The fourth-order valence-electron chi connectivity index (χ4n) is 4.26. The summed E-state index contributed by atoms with van der Waals surface area (Å²) < 4.78 is 29.9. The largest absolute Gasteiger partial charge is 0.496 e. The van der Waals surface area contributed by atoms with Crippen LogP contribution in [0, 0.1) is 5.82 Å². The molecule has 0 atom stereocenters. The highest BCUT2D eigenvalue weighted by Crippen LogP contribution is 2.32. The van der Waals surface area contributed by atoms with E-state index in [9.17, 15) is 9.18 Å². The van der Waals surface area contributed by atoms with Crippen LogP contribution in [0.3, 0.4) is 0 Å². The van der Waals surface area contributed by atoms with Gasteiger partial charge in [-0.25, -0.2) is 19.2 Å². The Bertz CT molecular complexity index is 1570. The summed E-state index contributed by atoms with van der Waals surface area (Å²) in [6, 6.07) is 16.1. The molecule has 0 unspecified atom stereocenters. The second-order valence-electron chi connectivity index (χ2n) is 8.85. The second-order valence-corrected chi connectivity index (χ2v) is 9.25.